The number of nitrogens with one attached hydrogen (secondary N) is 2. The zero-order valence-corrected chi connectivity index (χ0v) is 14.1. The van der Waals surface area contributed by atoms with Crippen LogP contribution in [-0.2, 0) is 0 Å². The van der Waals surface area contributed by atoms with Crippen molar-refractivity contribution in [2.75, 3.05) is 13.1 Å². The Balaban J connectivity index is 0.00000161. The number of rotatable bonds is 1. The first-order valence-corrected chi connectivity index (χ1v) is 8.96. The molecular formula is C17H32ClN3. The van der Waals surface area contributed by atoms with E-state index < -0.39 is 0 Å². The van der Waals surface area contributed by atoms with E-state index in [2.05, 4.69) is 10.6 Å². The van der Waals surface area contributed by atoms with Crippen molar-refractivity contribution in [3.05, 3.63) is 0 Å². The van der Waals surface area contributed by atoms with Gasteiger partial charge in [0.2, 0.25) is 0 Å². The monoisotopic (exact) mass is 313 g/mol. The minimum absolute atomic E-state index is 0. The molecule has 21 heavy (non-hydrogen) atoms. The van der Waals surface area contributed by atoms with E-state index in [0.29, 0.717) is 6.04 Å². The third kappa shape index (κ3) is 4.35. The van der Waals surface area contributed by atoms with Gasteiger partial charge in [0.15, 0.2) is 0 Å². The van der Waals surface area contributed by atoms with Crippen LogP contribution in [-0.4, -0.2) is 30.5 Å². The van der Waals surface area contributed by atoms with E-state index in [1.165, 1.54) is 82.9 Å². The predicted octanol–water partition coefficient (Wildman–Crippen LogP) is 3.82. The van der Waals surface area contributed by atoms with Gasteiger partial charge in [0.05, 0.1) is 5.54 Å². The van der Waals surface area contributed by atoms with Gasteiger partial charge in [-0.1, -0.05) is 44.9 Å². The Kier molecular flexibility index (Phi) is 6.81. The van der Waals surface area contributed by atoms with Gasteiger partial charge in [-0.3, -0.25) is 4.99 Å². The summed E-state index contributed by atoms with van der Waals surface area (Å²) in [7, 11) is 0. The summed E-state index contributed by atoms with van der Waals surface area (Å²) in [6.45, 7) is 2.14. The fraction of sp³-hybridized carbons (Fsp3) is 0.941. The lowest BCUT2D eigenvalue weighted by molar-refractivity contribution is 0.306. The van der Waals surface area contributed by atoms with E-state index in [4.69, 9.17) is 4.99 Å². The Morgan fingerprint density at radius 2 is 1.57 bits per heavy atom. The fourth-order valence-electron chi connectivity index (χ4n) is 4.20. The summed E-state index contributed by atoms with van der Waals surface area (Å²) < 4.78 is 0. The summed E-state index contributed by atoms with van der Waals surface area (Å²) in [6, 6.07) is 0.676. The van der Waals surface area contributed by atoms with Crippen molar-refractivity contribution in [2.45, 2.75) is 88.6 Å². The molecule has 1 aliphatic heterocycles. The normalized spacial score (nSPS) is 27.1. The molecule has 0 saturated heterocycles. The number of hydrogen-bond acceptors (Lipinski definition) is 3. The molecule has 1 heterocycles. The second-order valence-corrected chi connectivity index (χ2v) is 6.99. The first kappa shape index (κ1) is 17.1. The molecule has 0 aromatic carbocycles. The maximum Gasteiger partial charge on any atom is 0.117 e. The van der Waals surface area contributed by atoms with E-state index >= 15 is 0 Å². The molecule has 3 aliphatic rings. The minimum Gasteiger partial charge on any atom is -0.370 e. The van der Waals surface area contributed by atoms with Crippen molar-refractivity contribution in [3.8, 4) is 0 Å². The average molecular weight is 314 g/mol. The highest BCUT2D eigenvalue weighted by Gasteiger charge is 2.38. The molecule has 4 heteroatoms. The van der Waals surface area contributed by atoms with Crippen molar-refractivity contribution < 1.29 is 0 Å². The predicted molar refractivity (Wildman–Crippen MR) is 92.6 cm³/mol. The highest BCUT2D eigenvalue weighted by molar-refractivity contribution is 5.92. The Labute approximate surface area is 136 Å². The molecule has 3 rings (SSSR count). The van der Waals surface area contributed by atoms with Crippen molar-refractivity contribution in [3.63, 3.8) is 0 Å². The smallest absolute Gasteiger partial charge is 0.117 e. The second-order valence-electron chi connectivity index (χ2n) is 6.99. The molecule has 2 saturated carbocycles. The molecule has 2 N–H and O–H groups in total. The summed E-state index contributed by atoms with van der Waals surface area (Å²) >= 11 is 0. The lowest BCUT2D eigenvalue weighted by Crippen LogP contribution is -2.59. The molecular weight excluding hydrogens is 282 g/mol. The summed E-state index contributed by atoms with van der Waals surface area (Å²) in [6.07, 6.45) is 16.2. The third-order valence-electron chi connectivity index (χ3n) is 5.42. The summed E-state index contributed by atoms with van der Waals surface area (Å²) in [5.74, 6) is 1.32. The molecule has 0 aromatic heterocycles. The molecule has 122 valence electrons. The van der Waals surface area contributed by atoms with Crippen LogP contribution in [0.3, 0.4) is 0 Å². The number of hydrogen-bond donors (Lipinski definition) is 2. The Hall–Kier alpha value is -0.280. The van der Waals surface area contributed by atoms with Gasteiger partial charge in [0.1, 0.15) is 5.84 Å². The van der Waals surface area contributed by atoms with Crippen LogP contribution in [0, 0.1) is 0 Å². The largest absolute Gasteiger partial charge is 0.370 e. The van der Waals surface area contributed by atoms with Crippen molar-refractivity contribution >= 4 is 18.2 Å². The summed E-state index contributed by atoms with van der Waals surface area (Å²) in [4.78, 5) is 4.97. The lowest BCUT2D eigenvalue weighted by atomic mass is 9.80. The molecule has 0 atom stereocenters. The topological polar surface area (TPSA) is 36.4 Å². The van der Waals surface area contributed by atoms with Gasteiger partial charge in [-0.25, -0.2) is 0 Å². The Morgan fingerprint density at radius 1 is 0.905 bits per heavy atom. The molecule has 3 nitrogen and oxygen atoms in total. The highest BCUT2D eigenvalue weighted by atomic mass is 35.5. The zero-order chi connectivity index (χ0) is 13.7. The minimum atomic E-state index is 0. The van der Waals surface area contributed by atoms with E-state index in [9.17, 15) is 0 Å². The number of nitrogens with zero attached hydrogens (tertiary/aromatic N) is 1. The first-order valence-electron chi connectivity index (χ1n) is 8.96. The molecule has 0 unspecified atom stereocenters. The van der Waals surface area contributed by atoms with Gasteiger partial charge in [0.25, 0.3) is 0 Å². The number of aliphatic imine (C=N–C) groups is 1. The van der Waals surface area contributed by atoms with Gasteiger partial charge in [-0.05, 0) is 38.6 Å². The Morgan fingerprint density at radius 3 is 2.29 bits per heavy atom. The SMILES string of the molecule is C1CCCC(NC2=NCCCNC23CCCCC3)CC1.Cl. The molecule has 0 bridgehead atoms. The van der Waals surface area contributed by atoms with Crippen LogP contribution in [0.5, 0.6) is 0 Å². The Bertz CT molecular complexity index is 329. The van der Waals surface area contributed by atoms with Crippen molar-refractivity contribution in [1.29, 1.82) is 0 Å². The van der Waals surface area contributed by atoms with E-state index in [0.717, 1.165) is 13.1 Å². The standard InChI is InChI=1S/C17H31N3.ClH/c1-2-5-10-15(9-4-1)20-16-17(11-6-3-7-12-17)19-14-8-13-18-16;/h15,19H,1-14H2,(H,18,20);1H. The van der Waals surface area contributed by atoms with Gasteiger partial charge < -0.3 is 10.6 Å². The van der Waals surface area contributed by atoms with Crippen LogP contribution in [0.25, 0.3) is 0 Å². The fourth-order valence-corrected chi connectivity index (χ4v) is 4.20. The van der Waals surface area contributed by atoms with Gasteiger partial charge in [-0.2, -0.15) is 0 Å². The number of halogens is 1. The number of amidine groups is 1. The highest BCUT2D eigenvalue weighted by Crippen LogP contribution is 2.30. The molecule has 2 aliphatic carbocycles. The van der Waals surface area contributed by atoms with E-state index in [1.807, 2.05) is 0 Å². The average Bonchev–Trinajstić information content (AvgIpc) is 2.84. The molecule has 0 radical (unpaired) electrons. The maximum absolute atomic E-state index is 4.97. The van der Waals surface area contributed by atoms with Crippen LogP contribution in [0.1, 0.15) is 77.0 Å². The lowest BCUT2D eigenvalue weighted by Gasteiger charge is -2.40. The van der Waals surface area contributed by atoms with Crippen LogP contribution < -0.4 is 10.6 Å². The van der Waals surface area contributed by atoms with Crippen LogP contribution in [0.2, 0.25) is 0 Å². The van der Waals surface area contributed by atoms with Crippen LogP contribution in [0.15, 0.2) is 4.99 Å². The maximum atomic E-state index is 4.97. The third-order valence-corrected chi connectivity index (χ3v) is 5.42. The van der Waals surface area contributed by atoms with Gasteiger partial charge in [-0.15, -0.1) is 12.4 Å². The zero-order valence-electron chi connectivity index (χ0n) is 13.3. The quantitative estimate of drug-likeness (QED) is 0.722. The first-order chi connectivity index (χ1) is 9.89. The van der Waals surface area contributed by atoms with Crippen LogP contribution >= 0.6 is 12.4 Å². The van der Waals surface area contributed by atoms with Gasteiger partial charge >= 0.3 is 0 Å². The molecule has 0 aromatic rings. The second kappa shape index (κ2) is 8.38. The van der Waals surface area contributed by atoms with Crippen molar-refractivity contribution in [1.82, 2.24) is 10.6 Å². The molecule has 2 fully saturated rings. The molecule has 1 spiro atoms. The van der Waals surface area contributed by atoms with Crippen molar-refractivity contribution in [2.24, 2.45) is 4.99 Å². The summed E-state index contributed by atoms with van der Waals surface area (Å²) in [5.41, 5.74) is 0.195. The summed E-state index contributed by atoms with van der Waals surface area (Å²) in [5, 5.41) is 7.74. The molecule has 0 amide bonds. The van der Waals surface area contributed by atoms with E-state index in [1.54, 1.807) is 0 Å². The van der Waals surface area contributed by atoms with Crippen LogP contribution in [0.4, 0.5) is 0 Å². The van der Waals surface area contributed by atoms with E-state index in [-0.39, 0.29) is 17.9 Å². The van der Waals surface area contributed by atoms with Gasteiger partial charge in [0, 0.05) is 12.6 Å².